The van der Waals surface area contributed by atoms with Gasteiger partial charge in [0, 0.05) is 88.1 Å². The van der Waals surface area contributed by atoms with Crippen LogP contribution in [0.3, 0.4) is 0 Å². The Morgan fingerprint density at radius 1 is 1.11 bits per heavy atom. The molecular weight excluding hydrogens is 456 g/mol. The van der Waals surface area contributed by atoms with Crippen molar-refractivity contribution >= 4 is 28.5 Å². The fourth-order valence-corrected chi connectivity index (χ4v) is 4.66. The molecule has 1 fully saturated rings. The fourth-order valence-electron chi connectivity index (χ4n) is 4.66. The van der Waals surface area contributed by atoms with Crippen LogP contribution in [0, 0.1) is 0 Å². The summed E-state index contributed by atoms with van der Waals surface area (Å²) < 4.78 is 12.8. The number of nitrogens with zero attached hydrogens (tertiary/aromatic N) is 6. The van der Waals surface area contributed by atoms with E-state index in [0.717, 1.165) is 74.2 Å². The van der Waals surface area contributed by atoms with E-state index in [1.807, 2.05) is 22.9 Å². The summed E-state index contributed by atoms with van der Waals surface area (Å²) in [5, 5.41) is 6.81. The third-order valence-corrected chi connectivity index (χ3v) is 6.66. The largest absolute Gasteiger partial charge is 0.474 e. The van der Waals surface area contributed by atoms with E-state index in [9.17, 15) is 0 Å². The molecule has 0 bridgehead atoms. The summed E-state index contributed by atoms with van der Waals surface area (Å²) in [5.41, 5.74) is 5.55. The number of methoxy groups -OCH3 is 1. The van der Waals surface area contributed by atoms with Gasteiger partial charge in [0.05, 0.1) is 18.0 Å². The molecule has 0 spiro atoms. The first-order chi connectivity index (χ1) is 17.8. The quantitative estimate of drug-likeness (QED) is 0.409. The molecule has 10 nitrogen and oxygen atoms in total. The number of ether oxygens (including phenoxy) is 2. The Morgan fingerprint density at radius 2 is 1.97 bits per heavy atom. The number of rotatable bonds is 7. The zero-order chi connectivity index (χ0) is 24.3. The molecular formula is C26H30N8O2. The van der Waals surface area contributed by atoms with Gasteiger partial charge in [-0.3, -0.25) is 4.90 Å². The predicted molar refractivity (Wildman–Crippen MR) is 140 cm³/mol. The van der Waals surface area contributed by atoms with Crippen molar-refractivity contribution in [1.82, 2.24) is 24.3 Å². The lowest BCUT2D eigenvalue weighted by atomic mass is 10.2. The minimum Gasteiger partial charge on any atom is -0.474 e. The van der Waals surface area contributed by atoms with Gasteiger partial charge in [0.15, 0.2) is 11.5 Å². The average Bonchev–Trinajstić information content (AvgIpc) is 3.42. The van der Waals surface area contributed by atoms with Crippen molar-refractivity contribution in [3.63, 3.8) is 0 Å². The smallest absolute Gasteiger partial charge is 0.237 e. The molecule has 0 atom stereocenters. The van der Waals surface area contributed by atoms with Crippen molar-refractivity contribution in [1.29, 1.82) is 0 Å². The van der Waals surface area contributed by atoms with E-state index in [-0.39, 0.29) is 0 Å². The van der Waals surface area contributed by atoms with Gasteiger partial charge in [-0.2, -0.15) is 0 Å². The molecule has 0 aliphatic carbocycles. The van der Waals surface area contributed by atoms with Crippen LogP contribution < -0.4 is 20.3 Å². The van der Waals surface area contributed by atoms with Crippen molar-refractivity contribution in [2.24, 2.45) is 0 Å². The normalized spacial score (nSPS) is 15.9. The summed E-state index contributed by atoms with van der Waals surface area (Å²) in [6, 6.07) is 10.6. The monoisotopic (exact) mass is 486 g/mol. The summed E-state index contributed by atoms with van der Waals surface area (Å²) in [4.78, 5) is 18.8. The van der Waals surface area contributed by atoms with Crippen molar-refractivity contribution < 1.29 is 9.47 Å². The lowest BCUT2D eigenvalue weighted by Gasteiger charge is -2.36. The van der Waals surface area contributed by atoms with Crippen LogP contribution in [0.5, 0.6) is 5.88 Å². The Labute approximate surface area is 209 Å². The van der Waals surface area contributed by atoms with Gasteiger partial charge < -0.3 is 29.4 Å². The number of imidazole rings is 1. The molecule has 2 aliphatic heterocycles. The molecule has 0 saturated carbocycles. The minimum absolute atomic E-state index is 0.621. The van der Waals surface area contributed by atoms with Gasteiger partial charge in [0.1, 0.15) is 6.61 Å². The maximum Gasteiger partial charge on any atom is 0.237 e. The van der Waals surface area contributed by atoms with Crippen LogP contribution in [0.25, 0.3) is 16.9 Å². The van der Waals surface area contributed by atoms with Crippen LogP contribution in [0.4, 0.5) is 22.9 Å². The molecule has 3 aromatic heterocycles. The second-order valence-corrected chi connectivity index (χ2v) is 8.98. The van der Waals surface area contributed by atoms with Crippen LogP contribution in [0.1, 0.15) is 0 Å². The third kappa shape index (κ3) is 4.65. The molecule has 36 heavy (non-hydrogen) atoms. The van der Waals surface area contributed by atoms with E-state index in [0.29, 0.717) is 18.3 Å². The molecule has 0 amide bonds. The zero-order valence-electron chi connectivity index (χ0n) is 20.4. The SMILES string of the molecule is COCCN1CCN(c2ccc(Nc3nc(-c4cnc5c(c4)NCCO5)cn4ccnc34)cc2)CC1. The number of pyridine rings is 1. The van der Waals surface area contributed by atoms with Crippen LogP contribution in [0.2, 0.25) is 0 Å². The second-order valence-electron chi connectivity index (χ2n) is 8.98. The van der Waals surface area contributed by atoms with Crippen molar-refractivity contribution in [3.8, 4) is 17.1 Å². The predicted octanol–water partition coefficient (Wildman–Crippen LogP) is 3.11. The molecule has 186 valence electrons. The topological polar surface area (TPSA) is 92.1 Å². The van der Waals surface area contributed by atoms with Gasteiger partial charge in [-0.15, -0.1) is 0 Å². The maximum atomic E-state index is 5.62. The van der Waals surface area contributed by atoms with E-state index in [1.54, 1.807) is 19.5 Å². The summed E-state index contributed by atoms with van der Waals surface area (Å²) in [6.45, 7) is 7.30. The van der Waals surface area contributed by atoms with Gasteiger partial charge in [-0.05, 0) is 30.3 Å². The van der Waals surface area contributed by atoms with Gasteiger partial charge in [-0.1, -0.05) is 0 Å². The second kappa shape index (κ2) is 10.00. The summed E-state index contributed by atoms with van der Waals surface area (Å²) >= 11 is 0. The molecule has 10 heteroatoms. The molecule has 4 aromatic rings. The summed E-state index contributed by atoms with van der Waals surface area (Å²) in [7, 11) is 1.76. The highest BCUT2D eigenvalue weighted by Gasteiger charge is 2.18. The molecule has 6 rings (SSSR count). The zero-order valence-corrected chi connectivity index (χ0v) is 20.4. The fraction of sp³-hybridized carbons (Fsp3) is 0.346. The number of nitrogens with one attached hydrogen (secondary N) is 2. The Bertz CT molecular complexity index is 1330. The Balaban J connectivity index is 1.20. The highest BCUT2D eigenvalue weighted by molar-refractivity contribution is 5.75. The van der Waals surface area contributed by atoms with E-state index in [2.05, 4.69) is 54.7 Å². The highest BCUT2D eigenvalue weighted by Crippen LogP contribution is 2.31. The number of aromatic nitrogens is 4. The average molecular weight is 487 g/mol. The number of anilines is 4. The lowest BCUT2D eigenvalue weighted by Crippen LogP contribution is -2.47. The molecule has 0 radical (unpaired) electrons. The number of benzene rings is 1. The Hall–Kier alpha value is -3.89. The van der Waals surface area contributed by atoms with Gasteiger partial charge in [0.25, 0.3) is 0 Å². The summed E-state index contributed by atoms with van der Waals surface area (Å²) in [6.07, 6.45) is 7.47. The van der Waals surface area contributed by atoms with Crippen molar-refractivity contribution in [2.75, 3.05) is 75.1 Å². The van der Waals surface area contributed by atoms with Gasteiger partial charge >= 0.3 is 0 Å². The van der Waals surface area contributed by atoms with Crippen LogP contribution in [-0.4, -0.2) is 83.8 Å². The lowest BCUT2D eigenvalue weighted by molar-refractivity contribution is 0.144. The first-order valence-electron chi connectivity index (χ1n) is 12.3. The first-order valence-corrected chi connectivity index (χ1v) is 12.3. The highest BCUT2D eigenvalue weighted by atomic mass is 16.5. The Kier molecular flexibility index (Phi) is 6.27. The molecule has 0 unspecified atom stereocenters. The van der Waals surface area contributed by atoms with Crippen molar-refractivity contribution in [2.45, 2.75) is 0 Å². The standard InChI is InChI=1S/C26H30N8O2/c1-35-15-13-32-9-11-33(12-10-32)21-4-2-20(3-5-21)30-24-25-28-6-8-34(25)18-23(31-24)19-16-22-26(29-17-19)36-14-7-27-22/h2-6,8,16-18,27H,7,9-15H2,1H3,(H,30,31). The first kappa shape index (κ1) is 22.6. The number of fused-ring (bicyclic) bond motifs is 2. The molecule has 2 aliphatic rings. The molecule has 1 aromatic carbocycles. The van der Waals surface area contributed by atoms with E-state index < -0.39 is 0 Å². The van der Waals surface area contributed by atoms with Crippen molar-refractivity contribution in [3.05, 3.63) is 55.1 Å². The van der Waals surface area contributed by atoms with Crippen LogP contribution in [0.15, 0.2) is 55.1 Å². The minimum atomic E-state index is 0.621. The molecule has 5 heterocycles. The number of piperazine rings is 1. The van der Waals surface area contributed by atoms with Crippen LogP contribution in [-0.2, 0) is 4.74 Å². The van der Waals surface area contributed by atoms with E-state index >= 15 is 0 Å². The van der Waals surface area contributed by atoms with Crippen LogP contribution >= 0.6 is 0 Å². The molecule has 1 saturated heterocycles. The van der Waals surface area contributed by atoms with Gasteiger partial charge in [0.2, 0.25) is 5.88 Å². The third-order valence-electron chi connectivity index (χ3n) is 6.66. The van der Waals surface area contributed by atoms with Gasteiger partial charge in [-0.25, -0.2) is 15.0 Å². The van der Waals surface area contributed by atoms with E-state index in [4.69, 9.17) is 14.5 Å². The number of hydrogen-bond acceptors (Lipinski definition) is 9. The number of hydrogen-bond donors (Lipinski definition) is 2. The molecule has 2 N–H and O–H groups in total. The van der Waals surface area contributed by atoms with E-state index in [1.165, 1.54) is 5.69 Å². The maximum absolute atomic E-state index is 5.62. The Morgan fingerprint density at radius 3 is 2.81 bits per heavy atom. The summed E-state index contributed by atoms with van der Waals surface area (Å²) in [5.74, 6) is 1.32.